The van der Waals surface area contributed by atoms with Gasteiger partial charge in [0.25, 0.3) is 0 Å². The van der Waals surface area contributed by atoms with Crippen LogP contribution in [-0.2, 0) is 0 Å². The van der Waals surface area contributed by atoms with E-state index in [1.165, 1.54) is 103 Å². The summed E-state index contributed by atoms with van der Waals surface area (Å²) in [5, 5.41) is 0. The maximum absolute atomic E-state index is 4.23. The summed E-state index contributed by atoms with van der Waals surface area (Å²) in [7, 11) is 0. The minimum absolute atomic E-state index is 1.02. The Kier molecular flexibility index (Phi) is 16.1. The first-order valence-corrected chi connectivity index (χ1v) is 11.5. The summed E-state index contributed by atoms with van der Waals surface area (Å²) in [5.74, 6) is 2.12. The van der Waals surface area contributed by atoms with E-state index in [0.717, 1.165) is 18.1 Å². The van der Waals surface area contributed by atoms with Crippen molar-refractivity contribution in [3.05, 3.63) is 24.3 Å². The molecule has 0 N–H and O–H groups in total. The summed E-state index contributed by atoms with van der Waals surface area (Å²) < 4.78 is 0. The van der Waals surface area contributed by atoms with E-state index < -0.39 is 0 Å². The molecule has 1 aliphatic carbocycles. The van der Waals surface area contributed by atoms with Crippen molar-refractivity contribution >= 4 is 12.6 Å². The van der Waals surface area contributed by atoms with Crippen LogP contribution in [0.1, 0.15) is 109 Å². The molecule has 0 bridgehead atoms. The second-order valence-electron chi connectivity index (χ2n) is 7.60. The molecule has 1 fully saturated rings. The SMILES string of the molecule is SCCCC/C=C\C/C=C\CCCCCCCCCC1CCCC1. The van der Waals surface area contributed by atoms with E-state index in [-0.39, 0.29) is 0 Å². The minimum Gasteiger partial charge on any atom is -0.179 e. The fraction of sp³-hybridized carbons (Fsp3) is 0.826. The van der Waals surface area contributed by atoms with Crippen LogP contribution in [0, 0.1) is 5.92 Å². The van der Waals surface area contributed by atoms with Crippen molar-refractivity contribution in [1.82, 2.24) is 0 Å². The zero-order chi connectivity index (χ0) is 17.1. The lowest BCUT2D eigenvalue weighted by atomic mass is 9.99. The van der Waals surface area contributed by atoms with Gasteiger partial charge in [0.2, 0.25) is 0 Å². The standard InChI is InChI=1S/C23H42S/c24-22-18-14-12-10-8-6-4-2-1-3-5-7-9-11-13-15-19-23-20-16-17-21-23/h2,4,8,10,23-24H,1,3,5-7,9,11-22H2/b4-2-,10-8-. The third kappa shape index (κ3) is 14.2. The average molecular weight is 351 g/mol. The summed E-state index contributed by atoms with van der Waals surface area (Å²) in [6.45, 7) is 0. The largest absolute Gasteiger partial charge is 0.179 e. The lowest BCUT2D eigenvalue weighted by Crippen LogP contribution is -1.92. The Hall–Kier alpha value is -0.170. The Morgan fingerprint density at radius 1 is 0.625 bits per heavy atom. The number of unbranched alkanes of at least 4 members (excludes halogenated alkanes) is 9. The van der Waals surface area contributed by atoms with E-state index in [4.69, 9.17) is 0 Å². The van der Waals surface area contributed by atoms with E-state index in [0.29, 0.717) is 0 Å². The molecule has 0 radical (unpaired) electrons. The fourth-order valence-electron chi connectivity index (χ4n) is 3.76. The van der Waals surface area contributed by atoms with Gasteiger partial charge in [0.05, 0.1) is 0 Å². The molecule has 140 valence electrons. The number of allylic oxidation sites excluding steroid dienone is 4. The number of hydrogen-bond donors (Lipinski definition) is 1. The van der Waals surface area contributed by atoms with Crippen LogP contribution < -0.4 is 0 Å². The van der Waals surface area contributed by atoms with Crippen molar-refractivity contribution < 1.29 is 0 Å². The zero-order valence-electron chi connectivity index (χ0n) is 16.1. The third-order valence-electron chi connectivity index (χ3n) is 5.34. The molecule has 0 aromatic rings. The van der Waals surface area contributed by atoms with Crippen molar-refractivity contribution in [3.63, 3.8) is 0 Å². The molecule has 0 atom stereocenters. The van der Waals surface area contributed by atoms with Crippen LogP contribution in [0.25, 0.3) is 0 Å². The first-order valence-electron chi connectivity index (χ1n) is 10.8. The smallest absolute Gasteiger partial charge is 0.00978 e. The van der Waals surface area contributed by atoms with E-state index in [2.05, 4.69) is 36.9 Å². The van der Waals surface area contributed by atoms with Crippen molar-refractivity contribution in [2.24, 2.45) is 5.92 Å². The number of hydrogen-bond acceptors (Lipinski definition) is 1. The molecule has 0 spiro atoms. The first-order chi connectivity index (χ1) is 11.9. The van der Waals surface area contributed by atoms with Gasteiger partial charge in [-0.25, -0.2) is 0 Å². The summed E-state index contributed by atoms with van der Waals surface area (Å²) in [5.41, 5.74) is 0. The molecule has 0 aliphatic heterocycles. The van der Waals surface area contributed by atoms with Gasteiger partial charge in [0.15, 0.2) is 0 Å². The number of rotatable bonds is 16. The van der Waals surface area contributed by atoms with Gasteiger partial charge in [-0.3, -0.25) is 0 Å². The van der Waals surface area contributed by atoms with Crippen LogP contribution in [0.4, 0.5) is 0 Å². The van der Waals surface area contributed by atoms with Gasteiger partial charge in [-0.05, 0) is 50.2 Å². The summed E-state index contributed by atoms with van der Waals surface area (Å²) in [4.78, 5) is 0. The highest BCUT2D eigenvalue weighted by molar-refractivity contribution is 7.80. The molecule has 1 aliphatic rings. The van der Waals surface area contributed by atoms with Crippen LogP contribution >= 0.6 is 12.6 Å². The Bertz CT molecular complexity index is 299. The predicted octanol–water partition coefficient (Wildman–Crippen LogP) is 8.29. The maximum atomic E-state index is 4.23. The highest BCUT2D eigenvalue weighted by atomic mass is 32.1. The molecule has 0 unspecified atom stereocenters. The lowest BCUT2D eigenvalue weighted by Gasteiger charge is -2.07. The van der Waals surface area contributed by atoms with E-state index in [1.807, 2.05) is 0 Å². The molecule has 0 heterocycles. The van der Waals surface area contributed by atoms with E-state index in [9.17, 15) is 0 Å². The molecule has 0 amide bonds. The van der Waals surface area contributed by atoms with E-state index >= 15 is 0 Å². The highest BCUT2D eigenvalue weighted by Crippen LogP contribution is 2.29. The Labute approximate surface area is 158 Å². The topological polar surface area (TPSA) is 0 Å². The Morgan fingerprint density at radius 3 is 1.79 bits per heavy atom. The van der Waals surface area contributed by atoms with Crippen molar-refractivity contribution in [2.45, 2.75) is 109 Å². The molecule has 24 heavy (non-hydrogen) atoms. The Morgan fingerprint density at radius 2 is 1.17 bits per heavy atom. The van der Waals surface area contributed by atoms with Crippen LogP contribution in [0.2, 0.25) is 0 Å². The van der Waals surface area contributed by atoms with Crippen molar-refractivity contribution in [3.8, 4) is 0 Å². The summed E-state index contributed by atoms with van der Waals surface area (Å²) in [6, 6.07) is 0. The molecule has 0 aromatic carbocycles. The van der Waals surface area contributed by atoms with Gasteiger partial charge >= 0.3 is 0 Å². The lowest BCUT2D eigenvalue weighted by molar-refractivity contribution is 0.461. The van der Waals surface area contributed by atoms with Gasteiger partial charge in [0.1, 0.15) is 0 Å². The van der Waals surface area contributed by atoms with Gasteiger partial charge in [-0.15, -0.1) is 0 Å². The molecular formula is C23H42S. The average Bonchev–Trinajstić information content (AvgIpc) is 3.11. The molecule has 1 saturated carbocycles. The monoisotopic (exact) mass is 350 g/mol. The molecule has 1 rings (SSSR count). The number of thiol groups is 1. The minimum atomic E-state index is 1.02. The molecular weight excluding hydrogens is 308 g/mol. The highest BCUT2D eigenvalue weighted by Gasteiger charge is 2.13. The second-order valence-corrected chi connectivity index (χ2v) is 8.05. The maximum Gasteiger partial charge on any atom is -0.00978 e. The third-order valence-corrected chi connectivity index (χ3v) is 5.66. The van der Waals surface area contributed by atoms with Crippen LogP contribution in [0.15, 0.2) is 24.3 Å². The van der Waals surface area contributed by atoms with Crippen molar-refractivity contribution in [2.75, 3.05) is 5.75 Å². The fourth-order valence-corrected chi connectivity index (χ4v) is 3.98. The first kappa shape index (κ1) is 21.9. The van der Waals surface area contributed by atoms with Crippen LogP contribution in [0.3, 0.4) is 0 Å². The van der Waals surface area contributed by atoms with Gasteiger partial charge in [-0.2, -0.15) is 12.6 Å². The van der Waals surface area contributed by atoms with Crippen molar-refractivity contribution in [1.29, 1.82) is 0 Å². The molecule has 1 heteroatoms. The van der Waals surface area contributed by atoms with E-state index in [1.54, 1.807) is 0 Å². The van der Waals surface area contributed by atoms with Gasteiger partial charge < -0.3 is 0 Å². The zero-order valence-corrected chi connectivity index (χ0v) is 17.0. The molecule has 0 aromatic heterocycles. The van der Waals surface area contributed by atoms with Crippen LogP contribution in [0.5, 0.6) is 0 Å². The Balaban J connectivity index is 1.73. The summed E-state index contributed by atoms with van der Waals surface area (Å²) >= 11 is 4.23. The predicted molar refractivity (Wildman–Crippen MR) is 114 cm³/mol. The normalized spacial score (nSPS) is 16.0. The quantitative estimate of drug-likeness (QED) is 0.161. The second kappa shape index (κ2) is 17.6. The van der Waals surface area contributed by atoms with Gasteiger partial charge in [-0.1, -0.05) is 94.9 Å². The molecule has 0 saturated heterocycles. The summed E-state index contributed by atoms with van der Waals surface area (Å²) in [6.07, 6.45) is 33.2. The van der Waals surface area contributed by atoms with Gasteiger partial charge in [0, 0.05) is 0 Å². The van der Waals surface area contributed by atoms with Crippen LogP contribution in [-0.4, -0.2) is 5.75 Å². The molecule has 0 nitrogen and oxygen atoms in total.